The molecule has 3 N–H and O–H groups in total. The van der Waals surface area contributed by atoms with Crippen LogP contribution < -0.4 is 27.2 Å². The number of likely N-dealkylation sites (tertiary alicyclic amines) is 1. The molecular formula is C19H25FN6O2. The van der Waals surface area contributed by atoms with Crippen molar-refractivity contribution in [3.63, 3.8) is 0 Å². The molecule has 9 heteroatoms. The lowest BCUT2D eigenvalue weighted by atomic mass is 10.1. The Balaban J connectivity index is 1.79. The van der Waals surface area contributed by atoms with E-state index in [1.807, 2.05) is 4.90 Å². The molecule has 2 aliphatic heterocycles. The average molecular weight is 388 g/mol. The van der Waals surface area contributed by atoms with Gasteiger partial charge in [-0.1, -0.05) is 12.1 Å². The normalized spacial score (nSPS) is 22.2. The first-order chi connectivity index (χ1) is 13.4. The molecule has 2 unspecified atom stereocenters. The third kappa shape index (κ3) is 3.10. The highest BCUT2D eigenvalue weighted by Crippen LogP contribution is 2.33. The number of nitrogens with zero attached hydrogens (tertiary/aromatic N) is 4. The Morgan fingerprint density at radius 1 is 1.18 bits per heavy atom. The molecule has 0 bridgehead atoms. The minimum atomic E-state index is -0.381. The minimum absolute atomic E-state index is 0.0681. The van der Waals surface area contributed by atoms with E-state index in [1.165, 1.54) is 23.7 Å². The number of nitrogens with one attached hydrogen (secondary N) is 1. The Kier molecular flexibility index (Phi) is 4.72. The maximum absolute atomic E-state index is 13.3. The molecule has 3 heterocycles. The van der Waals surface area contributed by atoms with Crippen LogP contribution in [0.5, 0.6) is 0 Å². The van der Waals surface area contributed by atoms with Crippen LogP contribution in [0.25, 0.3) is 0 Å². The number of anilines is 2. The van der Waals surface area contributed by atoms with Gasteiger partial charge in [0.1, 0.15) is 17.3 Å². The number of benzene rings is 1. The van der Waals surface area contributed by atoms with Crippen LogP contribution in [0.3, 0.4) is 0 Å². The molecule has 28 heavy (non-hydrogen) atoms. The van der Waals surface area contributed by atoms with Gasteiger partial charge in [-0.2, -0.15) is 0 Å². The molecule has 1 saturated heterocycles. The summed E-state index contributed by atoms with van der Waals surface area (Å²) >= 11 is 0. The third-order valence-corrected chi connectivity index (χ3v) is 5.59. The first kappa shape index (κ1) is 18.7. The quantitative estimate of drug-likeness (QED) is 0.790. The van der Waals surface area contributed by atoms with Crippen LogP contribution in [0.1, 0.15) is 18.4 Å². The lowest BCUT2D eigenvalue weighted by Gasteiger charge is -2.39. The molecule has 0 saturated carbocycles. The highest BCUT2D eigenvalue weighted by atomic mass is 19.1. The Hall–Kier alpha value is -2.65. The Morgan fingerprint density at radius 2 is 1.89 bits per heavy atom. The number of hydrogen-bond acceptors (Lipinski definition) is 6. The van der Waals surface area contributed by atoms with Crippen molar-refractivity contribution >= 4 is 11.5 Å². The summed E-state index contributed by atoms with van der Waals surface area (Å²) in [4.78, 5) is 29.5. The van der Waals surface area contributed by atoms with Crippen LogP contribution in [0.2, 0.25) is 0 Å². The van der Waals surface area contributed by atoms with E-state index in [1.54, 1.807) is 19.2 Å². The van der Waals surface area contributed by atoms with Gasteiger partial charge in [0, 0.05) is 39.8 Å². The van der Waals surface area contributed by atoms with Crippen LogP contribution in [0.15, 0.2) is 33.9 Å². The van der Waals surface area contributed by atoms with Crippen molar-refractivity contribution in [1.29, 1.82) is 0 Å². The van der Waals surface area contributed by atoms with Crippen molar-refractivity contribution in [3.8, 4) is 0 Å². The number of piperidine rings is 1. The Bertz CT molecular complexity index is 999. The van der Waals surface area contributed by atoms with Crippen LogP contribution in [-0.2, 0) is 20.6 Å². The molecule has 2 aliphatic rings. The molecule has 0 amide bonds. The molecule has 1 aromatic carbocycles. The molecule has 1 aromatic heterocycles. The number of halogens is 1. The highest BCUT2D eigenvalue weighted by molar-refractivity contribution is 5.71. The monoisotopic (exact) mass is 388 g/mol. The van der Waals surface area contributed by atoms with Gasteiger partial charge in [-0.25, -0.2) is 9.18 Å². The number of rotatable bonds is 3. The van der Waals surface area contributed by atoms with Gasteiger partial charge in [-0.15, -0.1) is 0 Å². The molecule has 1 fully saturated rings. The average Bonchev–Trinajstić information content (AvgIpc) is 3.06. The second-order valence-corrected chi connectivity index (χ2v) is 7.57. The summed E-state index contributed by atoms with van der Waals surface area (Å²) < 4.78 is 15.9. The van der Waals surface area contributed by atoms with Crippen LogP contribution in [-0.4, -0.2) is 39.5 Å². The summed E-state index contributed by atoms with van der Waals surface area (Å²) in [5, 5.41) is 3.36. The molecule has 0 spiro atoms. The van der Waals surface area contributed by atoms with Crippen molar-refractivity contribution < 1.29 is 4.39 Å². The summed E-state index contributed by atoms with van der Waals surface area (Å²) in [5.74, 6) is 0.194. The van der Waals surface area contributed by atoms with Crippen molar-refractivity contribution in [2.75, 3.05) is 23.3 Å². The second kappa shape index (κ2) is 7.06. The zero-order valence-corrected chi connectivity index (χ0v) is 16.1. The summed E-state index contributed by atoms with van der Waals surface area (Å²) in [6, 6.07) is 6.30. The van der Waals surface area contributed by atoms with Crippen molar-refractivity contribution in [3.05, 3.63) is 56.5 Å². The van der Waals surface area contributed by atoms with Crippen LogP contribution >= 0.6 is 0 Å². The topological polar surface area (TPSA) is 88.5 Å². The number of hydrogen-bond donors (Lipinski definition) is 2. The van der Waals surface area contributed by atoms with E-state index in [9.17, 15) is 14.0 Å². The van der Waals surface area contributed by atoms with Gasteiger partial charge in [0.05, 0.1) is 0 Å². The standard InChI is InChI=1S/C19H25FN6O2/c1-23-16-15(17(27)24(2)19(23)28)26(10-12-5-7-13(20)8-6-12)18(22-16)25-9-3-4-14(21)11-25/h5-8,14,18,22H,3-4,9-11,21H2,1-2H3. The van der Waals surface area contributed by atoms with Crippen molar-refractivity contribution in [1.82, 2.24) is 14.0 Å². The van der Waals surface area contributed by atoms with Gasteiger partial charge in [-0.3, -0.25) is 18.8 Å². The molecule has 0 radical (unpaired) electrons. The van der Waals surface area contributed by atoms with Gasteiger partial charge in [-0.05, 0) is 30.5 Å². The predicted octanol–water partition coefficient (Wildman–Crippen LogP) is 0.362. The maximum atomic E-state index is 13.3. The lowest BCUT2D eigenvalue weighted by Crippen LogP contribution is -2.56. The maximum Gasteiger partial charge on any atom is 0.332 e. The lowest BCUT2D eigenvalue weighted by molar-refractivity contribution is 0.162. The summed E-state index contributed by atoms with van der Waals surface area (Å²) in [6.45, 7) is 1.94. The SMILES string of the molecule is Cn1c2c(c(=O)n(C)c1=O)N(Cc1ccc(F)cc1)C(N1CCCC(N)C1)N2. The van der Waals surface area contributed by atoms with E-state index in [4.69, 9.17) is 5.73 Å². The number of aromatic nitrogens is 2. The Morgan fingerprint density at radius 3 is 2.57 bits per heavy atom. The van der Waals surface area contributed by atoms with Gasteiger partial charge < -0.3 is 16.0 Å². The molecular weight excluding hydrogens is 363 g/mol. The van der Waals surface area contributed by atoms with Gasteiger partial charge in [0.2, 0.25) is 0 Å². The van der Waals surface area contributed by atoms with Gasteiger partial charge >= 0.3 is 5.69 Å². The van der Waals surface area contributed by atoms with Gasteiger partial charge in [0.25, 0.3) is 5.56 Å². The van der Waals surface area contributed by atoms with E-state index >= 15 is 0 Å². The third-order valence-electron chi connectivity index (χ3n) is 5.59. The van der Waals surface area contributed by atoms with E-state index in [-0.39, 0.29) is 29.4 Å². The van der Waals surface area contributed by atoms with E-state index < -0.39 is 0 Å². The molecule has 4 rings (SSSR count). The zero-order chi connectivity index (χ0) is 20.0. The molecule has 0 aliphatic carbocycles. The van der Waals surface area contributed by atoms with E-state index in [0.717, 1.165) is 29.5 Å². The smallest absolute Gasteiger partial charge is 0.332 e. The molecule has 150 valence electrons. The summed E-state index contributed by atoms with van der Waals surface area (Å²) in [7, 11) is 3.12. The van der Waals surface area contributed by atoms with Crippen LogP contribution in [0.4, 0.5) is 15.9 Å². The number of nitrogens with two attached hydrogens (primary N) is 1. The molecule has 8 nitrogen and oxygen atoms in total. The largest absolute Gasteiger partial charge is 0.337 e. The predicted molar refractivity (Wildman–Crippen MR) is 106 cm³/mol. The first-order valence-corrected chi connectivity index (χ1v) is 9.44. The summed E-state index contributed by atoms with van der Waals surface area (Å²) in [6.07, 6.45) is 1.64. The minimum Gasteiger partial charge on any atom is -0.337 e. The zero-order valence-electron chi connectivity index (χ0n) is 16.1. The van der Waals surface area contributed by atoms with Crippen LogP contribution in [0, 0.1) is 5.82 Å². The fourth-order valence-corrected chi connectivity index (χ4v) is 4.08. The van der Waals surface area contributed by atoms with E-state index in [2.05, 4.69) is 10.2 Å². The summed E-state index contributed by atoms with van der Waals surface area (Å²) in [5.41, 5.74) is 6.75. The second-order valence-electron chi connectivity index (χ2n) is 7.57. The first-order valence-electron chi connectivity index (χ1n) is 9.44. The fourth-order valence-electron chi connectivity index (χ4n) is 4.08. The van der Waals surface area contributed by atoms with Gasteiger partial charge in [0.15, 0.2) is 6.29 Å². The van der Waals surface area contributed by atoms with E-state index in [0.29, 0.717) is 24.6 Å². The number of fused-ring (bicyclic) bond motifs is 1. The van der Waals surface area contributed by atoms with Crippen molar-refractivity contribution in [2.24, 2.45) is 19.8 Å². The van der Waals surface area contributed by atoms with Crippen molar-refractivity contribution in [2.45, 2.75) is 31.7 Å². The Labute approximate surface area is 162 Å². The molecule has 2 atom stereocenters. The molecule has 2 aromatic rings. The highest BCUT2D eigenvalue weighted by Gasteiger charge is 2.39. The fraction of sp³-hybridized carbons (Fsp3) is 0.474.